The van der Waals surface area contributed by atoms with E-state index in [2.05, 4.69) is 33.8 Å². The summed E-state index contributed by atoms with van der Waals surface area (Å²) in [5.74, 6) is -0.125. The number of hydrogen-bond donors (Lipinski definition) is 1. The predicted octanol–water partition coefficient (Wildman–Crippen LogP) is 3.59. The molecule has 4 heterocycles. The first-order chi connectivity index (χ1) is 16.8. The molecule has 1 saturated heterocycles. The lowest BCUT2D eigenvalue weighted by Gasteiger charge is -2.55. The highest BCUT2D eigenvalue weighted by Gasteiger charge is 2.51. The third-order valence-electron chi connectivity index (χ3n) is 7.90. The zero-order chi connectivity index (χ0) is 24.8. The molecule has 1 saturated carbocycles. The van der Waals surface area contributed by atoms with Gasteiger partial charge in [0.25, 0.3) is 5.91 Å². The summed E-state index contributed by atoms with van der Waals surface area (Å²) in [6, 6.07) is 3.75. The number of ether oxygens (including phenoxy) is 2. The maximum absolute atomic E-state index is 12.5. The van der Waals surface area contributed by atoms with E-state index in [1.807, 2.05) is 22.8 Å². The number of fused-ring (bicyclic) bond motifs is 1. The highest BCUT2D eigenvalue weighted by molar-refractivity contribution is 6.30. The Morgan fingerprint density at radius 1 is 1.29 bits per heavy atom. The monoisotopic (exact) mass is 498 g/mol. The number of imidazole rings is 1. The molecule has 9 nitrogen and oxygen atoms in total. The number of anilines is 1. The Kier molecular flexibility index (Phi) is 6.19. The van der Waals surface area contributed by atoms with Gasteiger partial charge >= 0.3 is 0 Å². The summed E-state index contributed by atoms with van der Waals surface area (Å²) in [5, 5.41) is 5.15. The topological polar surface area (TPSA) is 108 Å². The number of carbonyl (C=O) groups excluding carboxylic acids is 1. The minimum absolute atomic E-state index is 0.0698. The first kappa shape index (κ1) is 24.0. The van der Waals surface area contributed by atoms with Crippen molar-refractivity contribution in [3.63, 3.8) is 0 Å². The van der Waals surface area contributed by atoms with Crippen LogP contribution in [0.4, 0.5) is 5.69 Å². The van der Waals surface area contributed by atoms with Crippen LogP contribution in [-0.4, -0.2) is 57.5 Å². The number of aromatic nitrogens is 4. The van der Waals surface area contributed by atoms with Crippen LogP contribution in [0, 0.1) is 5.92 Å². The SMILES string of the molecule is COC(C)(C)C1CCC(c2cnc3cc(Cl)cnn23)(N(c2ccncc2C(N)=O)C2COC2)CC1. The number of nitrogens with two attached hydrogens (primary N) is 1. The highest BCUT2D eigenvalue weighted by Crippen LogP contribution is 2.50. The van der Waals surface area contributed by atoms with Gasteiger partial charge in [0.05, 0.1) is 64.8 Å². The molecule has 1 aliphatic heterocycles. The average Bonchev–Trinajstić information content (AvgIpc) is 3.25. The van der Waals surface area contributed by atoms with Gasteiger partial charge in [-0.1, -0.05) is 11.6 Å². The standard InChI is InChI=1S/C25H31ClN6O3/c1-24(2,34-3)16-4-7-25(8-5-16,21-13-29-22-10-17(26)11-30-32(21)22)31(18-14-35-15-18)20-6-9-28-12-19(20)23(27)33/h6,9-13,16,18H,4-5,7-8,14-15H2,1-3H3,(H2,27,33). The van der Waals surface area contributed by atoms with Crippen molar-refractivity contribution in [3.8, 4) is 0 Å². The van der Waals surface area contributed by atoms with Gasteiger partial charge in [0.15, 0.2) is 5.65 Å². The minimum Gasteiger partial charge on any atom is -0.379 e. The molecule has 0 radical (unpaired) electrons. The third kappa shape index (κ3) is 4.05. The van der Waals surface area contributed by atoms with E-state index in [1.165, 1.54) is 0 Å². The first-order valence-electron chi connectivity index (χ1n) is 11.9. The molecule has 2 aliphatic rings. The van der Waals surface area contributed by atoms with Crippen LogP contribution >= 0.6 is 11.6 Å². The maximum atomic E-state index is 12.5. The van der Waals surface area contributed by atoms with E-state index in [9.17, 15) is 4.79 Å². The van der Waals surface area contributed by atoms with Crippen LogP contribution in [0.3, 0.4) is 0 Å². The molecule has 2 N–H and O–H groups in total. The van der Waals surface area contributed by atoms with E-state index in [0.717, 1.165) is 37.1 Å². The summed E-state index contributed by atoms with van der Waals surface area (Å²) in [5.41, 5.74) is 7.86. The fourth-order valence-electron chi connectivity index (χ4n) is 5.68. The smallest absolute Gasteiger partial charge is 0.252 e. The molecule has 3 aromatic heterocycles. The lowest BCUT2D eigenvalue weighted by molar-refractivity contribution is -0.0532. The minimum atomic E-state index is -0.509. The summed E-state index contributed by atoms with van der Waals surface area (Å²) in [6.45, 7) is 5.42. The number of pyridine rings is 1. The quantitative estimate of drug-likeness (QED) is 0.530. The predicted molar refractivity (Wildman–Crippen MR) is 133 cm³/mol. The van der Waals surface area contributed by atoms with Gasteiger partial charge < -0.3 is 20.1 Å². The number of halogens is 1. The van der Waals surface area contributed by atoms with Gasteiger partial charge in [0.1, 0.15) is 0 Å². The van der Waals surface area contributed by atoms with Gasteiger partial charge in [-0.25, -0.2) is 9.50 Å². The molecular weight excluding hydrogens is 468 g/mol. The molecule has 0 aromatic carbocycles. The van der Waals surface area contributed by atoms with Gasteiger partial charge in [0.2, 0.25) is 0 Å². The number of primary amides is 1. The fraction of sp³-hybridized carbons (Fsp3) is 0.520. The second-order valence-corrected chi connectivity index (χ2v) is 10.5. The summed E-state index contributed by atoms with van der Waals surface area (Å²) in [4.78, 5) is 23.6. The number of methoxy groups -OCH3 is 1. The van der Waals surface area contributed by atoms with E-state index in [-0.39, 0.29) is 11.6 Å². The van der Waals surface area contributed by atoms with Crippen molar-refractivity contribution in [2.24, 2.45) is 11.7 Å². The summed E-state index contributed by atoms with van der Waals surface area (Å²) >= 11 is 6.21. The van der Waals surface area contributed by atoms with E-state index < -0.39 is 11.4 Å². The van der Waals surface area contributed by atoms with E-state index >= 15 is 0 Å². The second kappa shape index (κ2) is 9.04. The highest BCUT2D eigenvalue weighted by atomic mass is 35.5. The van der Waals surface area contributed by atoms with E-state index in [4.69, 9.17) is 26.8 Å². The van der Waals surface area contributed by atoms with Crippen LogP contribution < -0.4 is 10.6 Å². The van der Waals surface area contributed by atoms with Crippen molar-refractivity contribution in [2.45, 2.75) is 56.7 Å². The maximum Gasteiger partial charge on any atom is 0.252 e. The van der Waals surface area contributed by atoms with Crippen molar-refractivity contribution < 1.29 is 14.3 Å². The van der Waals surface area contributed by atoms with Crippen molar-refractivity contribution in [2.75, 3.05) is 25.2 Å². The number of rotatable bonds is 7. The molecule has 0 spiro atoms. The van der Waals surface area contributed by atoms with Gasteiger partial charge in [0, 0.05) is 25.6 Å². The number of hydrogen-bond acceptors (Lipinski definition) is 7. The van der Waals surface area contributed by atoms with E-state index in [0.29, 0.717) is 35.4 Å². The Bertz CT molecular complexity index is 1230. The first-order valence-corrected chi connectivity index (χ1v) is 12.3. The molecule has 0 bridgehead atoms. The number of nitrogens with zero attached hydrogens (tertiary/aromatic N) is 5. The van der Waals surface area contributed by atoms with Gasteiger partial charge in [-0.15, -0.1) is 0 Å². The summed E-state index contributed by atoms with van der Waals surface area (Å²) < 4.78 is 13.4. The van der Waals surface area contributed by atoms with Crippen LogP contribution in [-0.2, 0) is 15.0 Å². The number of amides is 1. The van der Waals surface area contributed by atoms with Crippen LogP contribution in [0.15, 0.2) is 36.9 Å². The van der Waals surface area contributed by atoms with Crippen LogP contribution in [0.25, 0.3) is 5.65 Å². The van der Waals surface area contributed by atoms with Crippen molar-refractivity contribution in [1.82, 2.24) is 19.6 Å². The largest absolute Gasteiger partial charge is 0.379 e. The van der Waals surface area contributed by atoms with Crippen LogP contribution in [0.2, 0.25) is 5.02 Å². The molecule has 2 fully saturated rings. The lowest BCUT2D eigenvalue weighted by atomic mass is 9.68. The lowest BCUT2D eigenvalue weighted by Crippen LogP contribution is -2.61. The Morgan fingerprint density at radius 2 is 2.03 bits per heavy atom. The van der Waals surface area contributed by atoms with Crippen molar-refractivity contribution in [1.29, 1.82) is 0 Å². The van der Waals surface area contributed by atoms with Crippen molar-refractivity contribution >= 4 is 28.8 Å². The number of carbonyl (C=O) groups is 1. The molecule has 3 aromatic rings. The van der Waals surface area contributed by atoms with Crippen LogP contribution in [0.5, 0.6) is 0 Å². The van der Waals surface area contributed by atoms with E-state index in [1.54, 1.807) is 25.7 Å². The van der Waals surface area contributed by atoms with Crippen molar-refractivity contribution in [3.05, 3.63) is 53.2 Å². The van der Waals surface area contributed by atoms with Gasteiger partial charge in [-0.3, -0.25) is 9.78 Å². The average molecular weight is 499 g/mol. The third-order valence-corrected chi connectivity index (χ3v) is 8.10. The molecule has 1 amide bonds. The Labute approximate surface area is 209 Å². The molecule has 1 aliphatic carbocycles. The summed E-state index contributed by atoms with van der Waals surface area (Å²) in [6.07, 6.45) is 10.3. The van der Waals surface area contributed by atoms with Gasteiger partial charge in [-0.2, -0.15) is 5.10 Å². The second-order valence-electron chi connectivity index (χ2n) is 10.0. The molecule has 35 heavy (non-hydrogen) atoms. The van der Waals surface area contributed by atoms with Gasteiger partial charge in [-0.05, 0) is 51.5 Å². The molecule has 10 heteroatoms. The molecule has 186 valence electrons. The Balaban J connectivity index is 1.69. The summed E-state index contributed by atoms with van der Waals surface area (Å²) in [7, 11) is 1.77. The molecule has 5 rings (SSSR count). The zero-order valence-corrected chi connectivity index (χ0v) is 21.0. The normalized spacial score (nSPS) is 23.3. The fourth-order valence-corrected chi connectivity index (χ4v) is 5.83. The van der Waals surface area contributed by atoms with Crippen LogP contribution in [0.1, 0.15) is 55.6 Å². The zero-order valence-electron chi connectivity index (χ0n) is 20.3. The molecular formula is C25H31ClN6O3. The Morgan fingerprint density at radius 3 is 2.66 bits per heavy atom. The Hall–Kier alpha value is -2.75. The molecule has 0 atom stereocenters. The molecule has 0 unspecified atom stereocenters.